The standard InChI is InChI=1S/C34H54N2O2/c1-3-5-6-7-8-9-12-15-18-25-35-27-21-32(22-28-35)33-23-29-36(30-24-33)26-19-16-13-10-11-14-17-20-31-38-34(37)4-2/h4,21-24,27-30H,2-3,5-20,25-26,31H2,1H3/q+2. The highest BCUT2D eigenvalue weighted by atomic mass is 16.5. The largest absolute Gasteiger partial charge is 0.463 e. The van der Waals surface area contributed by atoms with Crippen LogP contribution in [0.5, 0.6) is 0 Å². The minimum atomic E-state index is -0.315. The Morgan fingerprint density at radius 2 is 1.00 bits per heavy atom. The maximum Gasteiger partial charge on any atom is 0.330 e. The average molecular weight is 523 g/mol. The van der Waals surface area contributed by atoms with Crippen molar-refractivity contribution in [1.82, 2.24) is 0 Å². The van der Waals surface area contributed by atoms with Crippen molar-refractivity contribution < 1.29 is 18.7 Å². The molecule has 0 bridgehead atoms. The summed E-state index contributed by atoms with van der Waals surface area (Å²) in [6, 6.07) is 8.99. The summed E-state index contributed by atoms with van der Waals surface area (Å²) >= 11 is 0. The maximum absolute atomic E-state index is 11.0. The fourth-order valence-corrected chi connectivity index (χ4v) is 4.89. The van der Waals surface area contributed by atoms with Crippen LogP contribution in [0.25, 0.3) is 11.1 Å². The second-order valence-corrected chi connectivity index (χ2v) is 10.7. The molecule has 0 saturated carbocycles. The van der Waals surface area contributed by atoms with Gasteiger partial charge in [0, 0.05) is 43.2 Å². The topological polar surface area (TPSA) is 34.1 Å². The lowest BCUT2D eigenvalue weighted by molar-refractivity contribution is -0.697. The summed E-state index contributed by atoms with van der Waals surface area (Å²) < 4.78 is 9.64. The number of rotatable bonds is 23. The van der Waals surface area contributed by atoms with Gasteiger partial charge in [-0.25, -0.2) is 13.9 Å². The van der Waals surface area contributed by atoms with Gasteiger partial charge >= 0.3 is 5.97 Å². The molecule has 4 nitrogen and oxygen atoms in total. The minimum absolute atomic E-state index is 0.315. The smallest absolute Gasteiger partial charge is 0.330 e. The molecule has 4 heteroatoms. The SMILES string of the molecule is C=CC(=O)OCCCCCCCCCC[n+]1ccc(-c2cc[n+](CCCCCCCCCCC)cc2)cc1. The third-order valence-corrected chi connectivity index (χ3v) is 7.36. The molecule has 0 aliphatic heterocycles. The van der Waals surface area contributed by atoms with E-state index >= 15 is 0 Å². The van der Waals surface area contributed by atoms with Crippen LogP contribution in [-0.4, -0.2) is 12.6 Å². The van der Waals surface area contributed by atoms with E-state index in [0.29, 0.717) is 6.61 Å². The molecule has 0 aliphatic rings. The van der Waals surface area contributed by atoms with Crippen LogP contribution in [0.2, 0.25) is 0 Å². The molecule has 0 aliphatic carbocycles. The quantitative estimate of drug-likeness (QED) is 0.0636. The Bertz CT molecular complexity index is 861. The Morgan fingerprint density at radius 3 is 1.39 bits per heavy atom. The number of carbonyl (C=O) groups is 1. The molecule has 0 fully saturated rings. The summed E-state index contributed by atoms with van der Waals surface area (Å²) in [5.74, 6) is -0.315. The number of aromatic nitrogens is 2. The van der Waals surface area contributed by atoms with Crippen LogP contribution in [0.4, 0.5) is 0 Å². The van der Waals surface area contributed by atoms with Crippen LogP contribution >= 0.6 is 0 Å². The predicted octanol–water partition coefficient (Wildman–Crippen LogP) is 8.31. The van der Waals surface area contributed by atoms with Gasteiger partial charge in [0.2, 0.25) is 0 Å². The summed E-state index contributed by atoms with van der Waals surface area (Å²) in [4.78, 5) is 11.0. The monoisotopic (exact) mass is 522 g/mol. The first kappa shape index (κ1) is 31.7. The Labute approximate surface area is 233 Å². The second-order valence-electron chi connectivity index (χ2n) is 10.7. The van der Waals surface area contributed by atoms with Gasteiger partial charge in [0.05, 0.1) is 6.61 Å². The Hall–Kier alpha value is -2.49. The zero-order valence-corrected chi connectivity index (χ0v) is 24.3. The highest BCUT2D eigenvalue weighted by molar-refractivity contribution is 5.81. The van der Waals surface area contributed by atoms with Gasteiger partial charge in [0.15, 0.2) is 24.8 Å². The molecule has 0 amide bonds. The van der Waals surface area contributed by atoms with Crippen LogP contribution in [-0.2, 0) is 22.6 Å². The number of nitrogens with zero attached hydrogens (tertiary/aromatic N) is 2. The summed E-state index contributed by atoms with van der Waals surface area (Å²) in [5.41, 5.74) is 2.58. The van der Waals surface area contributed by atoms with Crippen molar-refractivity contribution in [1.29, 1.82) is 0 Å². The minimum Gasteiger partial charge on any atom is -0.463 e. The number of hydrogen-bond donors (Lipinski definition) is 0. The van der Waals surface area contributed by atoms with Gasteiger partial charge < -0.3 is 4.74 Å². The number of unbranched alkanes of at least 4 members (excludes halogenated alkanes) is 15. The summed E-state index contributed by atoms with van der Waals surface area (Å²) in [5, 5.41) is 0. The summed E-state index contributed by atoms with van der Waals surface area (Å²) in [6.07, 6.45) is 32.2. The summed E-state index contributed by atoms with van der Waals surface area (Å²) in [6.45, 7) is 8.42. The van der Waals surface area contributed by atoms with Gasteiger partial charge in [-0.15, -0.1) is 0 Å². The third-order valence-electron chi connectivity index (χ3n) is 7.36. The molecule has 38 heavy (non-hydrogen) atoms. The van der Waals surface area contributed by atoms with E-state index in [2.05, 4.69) is 71.7 Å². The fourth-order valence-electron chi connectivity index (χ4n) is 4.89. The van der Waals surface area contributed by atoms with Crippen LogP contribution in [0.1, 0.15) is 116 Å². The molecule has 0 unspecified atom stereocenters. The van der Waals surface area contributed by atoms with Crippen molar-refractivity contribution in [3.8, 4) is 11.1 Å². The molecule has 0 atom stereocenters. The number of aryl methyl sites for hydroxylation is 2. The van der Waals surface area contributed by atoms with Gasteiger partial charge in [-0.1, -0.05) is 90.6 Å². The van der Waals surface area contributed by atoms with Gasteiger partial charge in [0.25, 0.3) is 0 Å². The van der Waals surface area contributed by atoms with Crippen molar-refractivity contribution in [3.63, 3.8) is 0 Å². The van der Waals surface area contributed by atoms with E-state index in [1.165, 1.54) is 114 Å². The Morgan fingerprint density at radius 1 is 0.632 bits per heavy atom. The van der Waals surface area contributed by atoms with E-state index in [0.717, 1.165) is 25.9 Å². The first-order valence-corrected chi connectivity index (χ1v) is 15.5. The van der Waals surface area contributed by atoms with Gasteiger partial charge in [-0.3, -0.25) is 0 Å². The second kappa shape index (κ2) is 21.4. The highest BCUT2D eigenvalue weighted by Gasteiger charge is 2.06. The summed E-state index contributed by atoms with van der Waals surface area (Å²) in [7, 11) is 0. The lowest BCUT2D eigenvalue weighted by Crippen LogP contribution is -2.33. The molecule has 210 valence electrons. The zero-order valence-electron chi connectivity index (χ0n) is 24.3. The first-order chi connectivity index (χ1) is 18.7. The van der Waals surface area contributed by atoms with Gasteiger partial charge in [-0.2, -0.15) is 0 Å². The zero-order chi connectivity index (χ0) is 27.1. The predicted molar refractivity (Wildman–Crippen MR) is 158 cm³/mol. The Balaban J connectivity index is 1.51. The average Bonchev–Trinajstić information content (AvgIpc) is 2.95. The molecule has 2 rings (SSSR count). The Kier molecular flexibility index (Phi) is 17.9. The maximum atomic E-state index is 11.0. The molecule has 2 aromatic rings. The molecular formula is C34H54N2O2+2. The van der Waals surface area contributed by atoms with Crippen LogP contribution in [0.3, 0.4) is 0 Å². The lowest BCUT2D eigenvalue weighted by Gasteiger charge is -2.04. The number of pyridine rings is 2. The van der Waals surface area contributed by atoms with Gasteiger partial charge in [-0.05, 0) is 30.4 Å². The lowest BCUT2D eigenvalue weighted by atomic mass is 10.1. The molecule has 0 N–H and O–H groups in total. The van der Waals surface area contributed by atoms with Crippen LogP contribution in [0, 0.1) is 0 Å². The van der Waals surface area contributed by atoms with E-state index in [1.54, 1.807) is 0 Å². The van der Waals surface area contributed by atoms with E-state index in [1.807, 2.05) is 0 Å². The normalized spacial score (nSPS) is 11.0. The number of hydrogen-bond acceptors (Lipinski definition) is 2. The van der Waals surface area contributed by atoms with E-state index < -0.39 is 0 Å². The molecule has 2 aromatic heterocycles. The molecule has 0 aromatic carbocycles. The van der Waals surface area contributed by atoms with Crippen molar-refractivity contribution in [2.75, 3.05) is 6.61 Å². The number of carbonyl (C=O) groups excluding carboxylic acids is 1. The number of ether oxygens (including phenoxy) is 1. The van der Waals surface area contributed by atoms with Crippen molar-refractivity contribution in [2.24, 2.45) is 0 Å². The van der Waals surface area contributed by atoms with E-state index in [9.17, 15) is 4.79 Å². The molecule has 0 radical (unpaired) electrons. The van der Waals surface area contributed by atoms with E-state index in [4.69, 9.17) is 4.74 Å². The van der Waals surface area contributed by atoms with Crippen molar-refractivity contribution in [3.05, 3.63) is 61.7 Å². The third kappa shape index (κ3) is 15.1. The van der Waals surface area contributed by atoms with Crippen LogP contribution < -0.4 is 9.13 Å². The van der Waals surface area contributed by atoms with E-state index in [-0.39, 0.29) is 5.97 Å². The molecule has 0 saturated heterocycles. The first-order valence-electron chi connectivity index (χ1n) is 15.5. The van der Waals surface area contributed by atoms with Gasteiger partial charge in [0.1, 0.15) is 13.1 Å². The fraction of sp³-hybridized carbons (Fsp3) is 0.618. The number of esters is 1. The molecule has 2 heterocycles. The highest BCUT2D eigenvalue weighted by Crippen LogP contribution is 2.16. The molecule has 0 spiro atoms. The van der Waals surface area contributed by atoms with Crippen molar-refractivity contribution in [2.45, 2.75) is 129 Å². The van der Waals surface area contributed by atoms with Crippen molar-refractivity contribution >= 4 is 5.97 Å². The van der Waals surface area contributed by atoms with Crippen LogP contribution in [0.15, 0.2) is 61.7 Å². The molecular weight excluding hydrogens is 468 g/mol.